The molecule has 1 amide bonds. The minimum absolute atomic E-state index is 0.0987. The number of pyridine rings is 1. The van der Waals surface area contributed by atoms with E-state index in [1.54, 1.807) is 32.4 Å². The van der Waals surface area contributed by atoms with Gasteiger partial charge in [0, 0.05) is 48.6 Å². The van der Waals surface area contributed by atoms with Gasteiger partial charge in [0.25, 0.3) is 5.91 Å². The third kappa shape index (κ3) is 4.59. The highest BCUT2D eigenvalue weighted by Gasteiger charge is 2.22. The Morgan fingerprint density at radius 2 is 1.74 bits per heavy atom. The number of nitrogens with zero attached hydrogens (tertiary/aromatic N) is 1. The highest BCUT2D eigenvalue weighted by atomic mass is 16.5. The number of nitrogens with one attached hydrogen (secondary N) is 3. The van der Waals surface area contributed by atoms with E-state index >= 15 is 0 Å². The first-order valence-electron chi connectivity index (χ1n) is 10.4. The zero-order valence-electron chi connectivity index (χ0n) is 18.1. The van der Waals surface area contributed by atoms with Crippen LogP contribution in [-0.4, -0.2) is 54.1 Å². The molecule has 31 heavy (non-hydrogen) atoms. The Morgan fingerprint density at radius 1 is 1.06 bits per heavy atom. The van der Waals surface area contributed by atoms with Crippen LogP contribution in [0.5, 0.6) is 11.5 Å². The molecule has 8 nitrogen and oxygen atoms in total. The second-order valence-electron chi connectivity index (χ2n) is 7.97. The summed E-state index contributed by atoms with van der Waals surface area (Å²) in [6, 6.07) is 8.94. The molecule has 0 atom stereocenters. The summed E-state index contributed by atoms with van der Waals surface area (Å²) in [5.41, 5.74) is 4.13. The first kappa shape index (κ1) is 21.0. The van der Waals surface area contributed by atoms with E-state index in [1.807, 2.05) is 13.0 Å². The molecule has 3 N–H and O–H groups in total. The number of fused-ring (bicyclic) bond motifs is 1. The van der Waals surface area contributed by atoms with Crippen LogP contribution in [0.1, 0.15) is 34.5 Å². The van der Waals surface area contributed by atoms with Gasteiger partial charge in [-0.05, 0) is 44.0 Å². The molecule has 164 valence electrons. The molecule has 0 unspecified atom stereocenters. The highest BCUT2D eigenvalue weighted by molar-refractivity contribution is 5.95. The molecule has 1 fully saturated rings. The Balaban J connectivity index is 1.34. The third-order valence-electron chi connectivity index (χ3n) is 5.89. The number of aromatic amines is 2. The van der Waals surface area contributed by atoms with Crippen LogP contribution < -0.4 is 20.3 Å². The number of carbonyl (C=O) groups is 1. The maximum atomic E-state index is 12.8. The van der Waals surface area contributed by atoms with Crippen molar-refractivity contribution in [1.29, 1.82) is 0 Å². The van der Waals surface area contributed by atoms with Gasteiger partial charge in [-0.15, -0.1) is 0 Å². The van der Waals surface area contributed by atoms with Crippen LogP contribution >= 0.6 is 0 Å². The van der Waals surface area contributed by atoms with Crippen molar-refractivity contribution in [3.8, 4) is 11.5 Å². The second kappa shape index (κ2) is 8.85. The van der Waals surface area contributed by atoms with Gasteiger partial charge in [0.1, 0.15) is 11.5 Å². The summed E-state index contributed by atoms with van der Waals surface area (Å²) in [6.45, 7) is 4.46. The first-order chi connectivity index (χ1) is 15.0. The number of H-pyrrole nitrogens is 2. The van der Waals surface area contributed by atoms with Crippen LogP contribution in [0, 0.1) is 6.92 Å². The van der Waals surface area contributed by atoms with Crippen molar-refractivity contribution in [2.24, 2.45) is 0 Å². The number of hydrogen-bond donors (Lipinski definition) is 3. The van der Waals surface area contributed by atoms with E-state index in [0.717, 1.165) is 54.8 Å². The number of hydrogen-bond acceptors (Lipinski definition) is 5. The summed E-state index contributed by atoms with van der Waals surface area (Å²) in [4.78, 5) is 32.8. The lowest BCUT2D eigenvalue weighted by Crippen LogP contribution is -2.44. The predicted octanol–water partition coefficient (Wildman–Crippen LogP) is 2.58. The number of amides is 1. The molecule has 0 spiro atoms. The van der Waals surface area contributed by atoms with Crippen LogP contribution in [0.3, 0.4) is 0 Å². The quantitative estimate of drug-likeness (QED) is 0.565. The maximum Gasteiger partial charge on any atom is 0.251 e. The van der Waals surface area contributed by atoms with E-state index in [4.69, 9.17) is 9.47 Å². The van der Waals surface area contributed by atoms with Crippen molar-refractivity contribution in [2.75, 3.05) is 27.3 Å². The van der Waals surface area contributed by atoms with Gasteiger partial charge in [-0.2, -0.15) is 0 Å². The number of methoxy groups -OCH3 is 2. The lowest BCUT2D eigenvalue weighted by molar-refractivity contribution is 0.0908. The summed E-state index contributed by atoms with van der Waals surface area (Å²) in [7, 11) is 3.17. The summed E-state index contributed by atoms with van der Waals surface area (Å²) < 4.78 is 10.8. The smallest absolute Gasteiger partial charge is 0.251 e. The van der Waals surface area contributed by atoms with Gasteiger partial charge in [0.15, 0.2) is 0 Å². The number of piperidine rings is 1. The molecule has 2 aromatic heterocycles. The molecule has 3 heterocycles. The molecule has 3 aromatic rings. The first-order valence-corrected chi connectivity index (χ1v) is 10.4. The Labute approximate surface area is 180 Å². The third-order valence-corrected chi connectivity index (χ3v) is 5.89. The van der Waals surface area contributed by atoms with Crippen molar-refractivity contribution < 1.29 is 14.3 Å². The highest BCUT2D eigenvalue weighted by Crippen LogP contribution is 2.29. The molecule has 1 saturated heterocycles. The molecule has 1 aliphatic rings. The Bertz CT molecular complexity index is 1120. The van der Waals surface area contributed by atoms with E-state index in [2.05, 4.69) is 20.2 Å². The van der Waals surface area contributed by atoms with Crippen LogP contribution in [0.15, 0.2) is 35.1 Å². The van der Waals surface area contributed by atoms with Crippen LogP contribution in [0.25, 0.3) is 11.0 Å². The number of likely N-dealkylation sites (tertiary alicyclic amines) is 1. The molecule has 8 heteroatoms. The maximum absolute atomic E-state index is 12.8. The fourth-order valence-corrected chi connectivity index (χ4v) is 4.14. The van der Waals surface area contributed by atoms with Crippen LogP contribution in [0.4, 0.5) is 0 Å². The van der Waals surface area contributed by atoms with Crippen molar-refractivity contribution in [1.82, 2.24) is 20.2 Å². The molecule has 1 aliphatic heterocycles. The van der Waals surface area contributed by atoms with Crippen molar-refractivity contribution >= 4 is 16.9 Å². The molecule has 0 saturated carbocycles. The van der Waals surface area contributed by atoms with Crippen LogP contribution in [0.2, 0.25) is 0 Å². The molecular weight excluding hydrogens is 396 g/mol. The summed E-state index contributed by atoms with van der Waals surface area (Å²) in [6.07, 6.45) is 1.76. The van der Waals surface area contributed by atoms with E-state index in [-0.39, 0.29) is 17.5 Å². The SMILES string of the molecule is COc1cc(C(=O)NC2CCN(Cc3cc4[nH]c(=O)ccc4[nH]3)CC2)cc(OC)c1C. The molecule has 0 aliphatic carbocycles. The van der Waals surface area contributed by atoms with E-state index in [0.29, 0.717) is 17.1 Å². The summed E-state index contributed by atoms with van der Waals surface area (Å²) in [5, 5.41) is 3.15. The Hall–Kier alpha value is -3.26. The predicted molar refractivity (Wildman–Crippen MR) is 119 cm³/mol. The van der Waals surface area contributed by atoms with Gasteiger partial charge in [-0.3, -0.25) is 14.5 Å². The number of ether oxygens (including phenoxy) is 2. The minimum atomic E-state index is -0.116. The molecule has 0 bridgehead atoms. The van der Waals surface area contributed by atoms with Crippen molar-refractivity contribution in [3.05, 3.63) is 57.5 Å². The topological polar surface area (TPSA) is 99.5 Å². The van der Waals surface area contributed by atoms with E-state index < -0.39 is 0 Å². The summed E-state index contributed by atoms with van der Waals surface area (Å²) in [5.74, 6) is 1.16. The van der Waals surface area contributed by atoms with Gasteiger partial charge in [-0.1, -0.05) is 0 Å². The van der Waals surface area contributed by atoms with E-state index in [9.17, 15) is 9.59 Å². The van der Waals surface area contributed by atoms with Gasteiger partial charge in [0.05, 0.1) is 25.3 Å². The molecule has 4 rings (SSSR count). The van der Waals surface area contributed by atoms with Gasteiger partial charge in [0.2, 0.25) is 5.56 Å². The molecular formula is C23H28N4O4. The zero-order valence-corrected chi connectivity index (χ0v) is 18.1. The Morgan fingerprint density at radius 3 is 2.39 bits per heavy atom. The number of carbonyl (C=O) groups excluding carboxylic acids is 1. The largest absolute Gasteiger partial charge is 0.496 e. The average Bonchev–Trinajstić information content (AvgIpc) is 3.16. The van der Waals surface area contributed by atoms with E-state index in [1.165, 1.54) is 6.07 Å². The van der Waals surface area contributed by atoms with Gasteiger partial charge in [-0.25, -0.2) is 0 Å². The second-order valence-corrected chi connectivity index (χ2v) is 7.97. The lowest BCUT2D eigenvalue weighted by atomic mass is 10.0. The standard InChI is InChI=1S/C23H28N4O4/c1-14-20(30-2)10-15(11-21(14)31-3)23(29)25-16-6-8-27(9-7-16)13-17-12-19-18(24-17)4-5-22(28)26-19/h4-5,10-12,16,24H,6-9,13H2,1-3H3,(H,25,29)(H,26,28). The van der Waals surface area contributed by atoms with Gasteiger partial charge >= 0.3 is 0 Å². The van der Waals surface area contributed by atoms with Crippen LogP contribution in [-0.2, 0) is 6.54 Å². The molecule has 1 aromatic carbocycles. The fourth-order valence-electron chi connectivity index (χ4n) is 4.14. The number of aromatic nitrogens is 2. The normalized spacial score (nSPS) is 15.2. The number of benzene rings is 1. The van der Waals surface area contributed by atoms with Gasteiger partial charge < -0.3 is 24.8 Å². The fraction of sp³-hybridized carbons (Fsp3) is 0.391. The number of rotatable bonds is 6. The zero-order chi connectivity index (χ0) is 22.0. The van der Waals surface area contributed by atoms with Crippen molar-refractivity contribution in [3.63, 3.8) is 0 Å². The summed E-state index contributed by atoms with van der Waals surface area (Å²) >= 11 is 0. The van der Waals surface area contributed by atoms with Crippen molar-refractivity contribution in [2.45, 2.75) is 32.4 Å². The average molecular weight is 425 g/mol. The monoisotopic (exact) mass is 424 g/mol. The molecule has 0 radical (unpaired) electrons. The minimum Gasteiger partial charge on any atom is -0.496 e. The Kier molecular flexibility index (Phi) is 5.99. The lowest BCUT2D eigenvalue weighted by Gasteiger charge is -2.32.